The molecular weight excluding hydrogens is 302 g/mol. The molecule has 0 saturated heterocycles. The third-order valence-corrected chi connectivity index (χ3v) is 3.88. The molecule has 1 N–H and O–H groups in total. The van der Waals surface area contributed by atoms with Gasteiger partial charge in [0.05, 0.1) is 23.0 Å². The molecule has 1 aromatic carbocycles. The highest BCUT2D eigenvalue weighted by Crippen LogP contribution is 2.33. The summed E-state index contributed by atoms with van der Waals surface area (Å²) in [6, 6.07) is 12.2. The molecule has 2 aromatic rings. The molecule has 3 rings (SSSR count). The van der Waals surface area contributed by atoms with E-state index in [2.05, 4.69) is 38.4 Å². The van der Waals surface area contributed by atoms with Gasteiger partial charge in [0, 0.05) is 10.7 Å². The molecule has 0 bridgehead atoms. The van der Waals surface area contributed by atoms with Crippen LogP contribution >= 0.6 is 15.9 Å². The quantitative estimate of drug-likeness (QED) is 0.917. The first kappa shape index (κ1) is 12.2. The number of anilines is 1. The van der Waals surface area contributed by atoms with Crippen LogP contribution in [0.15, 0.2) is 41.0 Å². The zero-order chi connectivity index (χ0) is 13.2. The molecule has 0 amide bonds. The van der Waals surface area contributed by atoms with Crippen LogP contribution in [0, 0.1) is 11.3 Å². The van der Waals surface area contributed by atoms with Crippen molar-refractivity contribution in [2.45, 2.75) is 18.9 Å². The number of pyridine rings is 1. The predicted molar refractivity (Wildman–Crippen MR) is 77.8 cm³/mol. The summed E-state index contributed by atoms with van der Waals surface area (Å²) in [7, 11) is 0. The molecule has 1 aliphatic carbocycles. The number of nitriles is 1. The highest BCUT2D eigenvalue weighted by atomic mass is 79.9. The van der Waals surface area contributed by atoms with E-state index < -0.39 is 0 Å². The second kappa shape index (κ2) is 5.02. The molecule has 4 heteroatoms. The average molecular weight is 314 g/mol. The molecule has 1 unspecified atom stereocenters. The minimum Gasteiger partial charge on any atom is -0.376 e. The van der Waals surface area contributed by atoms with E-state index in [1.165, 1.54) is 5.56 Å². The topological polar surface area (TPSA) is 48.7 Å². The normalized spacial score (nSPS) is 16.7. The van der Waals surface area contributed by atoms with Crippen LogP contribution in [0.1, 0.15) is 29.3 Å². The van der Waals surface area contributed by atoms with Gasteiger partial charge in [0.2, 0.25) is 0 Å². The van der Waals surface area contributed by atoms with Gasteiger partial charge in [0.1, 0.15) is 6.07 Å². The lowest BCUT2D eigenvalue weighted by Crippen LogP contribution is -2.09. The van der Waals surface area contributed by atoms with Crippen molar-refractivity contribution in [3.05, 3.63) is 57.8 Å². The van der Waals surface area contributed by atoms with Gasteiger partial charge < -0.3 is 5.32 Å². The Balaban J connectivity index is 1.90. The molecule has 0 saturated carbocycles. The smallest absolute Gasteiger partial charge is 0.101 e. The van der Waals surface area contributed by atoms with Crippen molar-refractivity contribution in [3.8, 4) is 6.07 Å². The number of hydrogen-bond acceptors (Lipinski definition) is 3. The van der Waals surface area contributed by atoms with Gasteiger partial charge in [-0.3, -0.25) is 4.98 Å². The minimum absolute atomic E-state index is 0.199. The Bertz CT molecular complexity index is 661. The SMILES string of the molecule is N#Cc1cc(Br)ccc1NC1CCc2cccnc21. The van der Waals surface area contributed by atoms with E-state index in [9.17, 15) is 5.26 Å². The monoisotopic (exact) mass is 313 g/mol. The lowest BCUT2D eigenvalue weighted by atomic mass is 10.1. The van der Waals surface area contributed by atoms with E-state index in [1.807, 2.05) is 30.5 Å². The zero-order valence-corrected chi connectivity index (χ0v) is 11.8. The van der Waals surface area contributed by atoms with Crippen LogP contribution in [-0.4, -0.2) is 4.98 Å². The maximum atomic E-state index is 9.19. The largest absolute Gasteiger partial charge is 0.376 e. The van der Waals surface area contributed by atoms with E-state index in [4.69, 9.17) is 0 Å². The van der Waals surface area contributed by atoms with Crippen molar-refractivity contribution < 1.29 is 0 Å². The Morgan fingerprint density at radius 3 is 3.11 bits per heavy atom. The van der Waals surface area contributed by atoms with Crippen LogP contribution in [0.4, 0.5) is 5.69 Å². The Hall–Kier alpha value is -1.86. The molecule has 1 atom stereocenters. The first-order valence-corrected chi connectivity index (χ1v) is 6.97. The molecule has 0 fully saturated rings. The van der Waals surface area contributed by atoms with Gasteiger partial charge >= 0.3 is 0 Å². The fourth-order valence-electron chi connectivity index (χ4n) is 2.48. The third kappa shape index (κ3) is 2.34. The van der Waals surface area contributed by atoms with E-state index in [1.54, 1.807) is 0 Å². The number of aryl methyl sites for hydroxylation is 1. The number of nitrogens with zero attached hydrogens (tertiary/aromatic N) is 2. The van der Waals surface area contributed by atoms with Gasteiger partial charge in [0.25, 0.3) is 0 Å². The minimum atomic E-state index is 0.199. The maximum Gasteiger partial charge on any atom is 0.101 e. The standard InChI is InChI=1S/C15H12BrN3/c16-12-4-6-13(11(8-12)9-17)19-14-5-3-10-2-1-7-18-15(10)14/h1-2,4,6-8,14,19H,3,5H2. The molecule has 3 nitrogen and oxygen atoms in total. The molecule has 94 valence electrons. The van der Waals surface area contributed by atoms with Crippen LogP contribution in [0.25, 0.3) is 0 Å². The van der Waals surface area contributed by atoms with E-state index >= 15 is 0 Å². The van der Waals surface area contributed by atoms with Gasteiger partial charge in [-0.15, -0.1) is 0 Å². The van der Waals surface area contributed by atoms with Gasteiger partial charge in [-0.25, -0.2) is 0 Å². The summed E-state index contributed by atoms with van der Waals surface area (Å²) in [6.07, 6.45) is 3.89. The van der Waals surface area contributed by atoms with Crippen molar-refractivity contribution in [3.63, 3.8) is 0 Å². The highest BCUT2D eigenvalue weighted by Gasteiger charge is 2.23. The zero-order valence-electron chi connectivity index (χ0n) is 10.2. The predicted octanol–water partition coefficient (Wildman–Crippen LogP) is 3.82. The number of aromatic nitrogens is 1. The van der Waals surface area contributed by atoms with Crippen molar-refractivity contribution in [1.82, 2.24) is 4.98 Å². The van der Waals surface area contributed by atoms with Gasteiger partial charge in [-0.1, -0.05) is 22.0 Å². The van der Waals surface area contributed by atoms with Gasteiger partial charge in [-0.2, -0.15) is 5.26 Å². The summed E-state index contributed by atoms with van der Waals surface area (Å²) in [4.78, 5) is 4.46. The van der Waals surface area contributed by atoms with E-state index in [-0.39, 0.29) is 6.04 Å². The maximum absolute atomic E-state index is 9.19. The van der Waals surface area contributed by atoms with Crippen LogP contribution in [0.3, 0.4) is 0 Å². The molecule has 19 heavy (non-hydrogen) atoms. The Labute approximate surface area is 120 Å². The molecule has 1 aliphatic rings. The van der Waals surface area contributed by atoms with Gasteiger partial charge in [-0.05, 0) is 42.7 Å². The summed E-state index contributed by atoms with van der Waals surface area (Å²) >= 11 is 3.38. The fourth-order valence-corrected chi connectivity index (χ4v) is 2.84. The number of hydrogen-bond donors (Lipinski definition) is 1. The summed E-state index contributed by atoms with van der Waals surface area (Å²) in [5, 5.41) is 12.6. The summed E-state index contributed by atoms with van der Waals surface area (Å²) in [6.45, 7) is 0. The van der Waals surface area contributed by atoms with Crippen LogP contribution in [-0.2, 0) is 6.42 Å². The van der Waals surface area contributed by atoms with E-state index in [0.717, 1.165) is 28.7 Å². The second-order valence-electron chi connectivity index (χ2n) is 4.59. The summed E-state index contributed by atoms with van der Waals surface area (Å²) in [5.74, 6) is 0. The fraction of sp³-hybridized carbons (Fsp3) is 0.200. The van der Waals surface area contributed by atoms with Crippen molar-refractivity contribution >= 4 is 21.6 Å². The van der Waals surface area contributed by atoms with Crippen molar-refractivity contribution in [2.75, 3.05) is 5.32 Å². The molecule has 0 radical (unpaired) electrons. The number of nitrogens with one attached hydrogen (secondary N) is 1. The number of rotatable bonds is 2. The summed E-state index contributed by atoms with van der Waals surface area (Å²) < 4.78 is 0.916. The van der Waals surface area contributed by atoms with Crippen molar-refractivity contribution in [1.29, 1.82) is 5.26 Å². The second-order valence-corrected chi connectivity index (χ2v) is 5.50. The third-order valence-electron chi connectivity index (χ3n) is 3.39. The first-order valence-electron chi connectivity index (χ1n) is 6.18. The molecule has 0 spiro atoms. The van der Waals surface area contributed by atoms with Gasteiger partial charge in [0.15, 0.2) is 0 Å². The Morgan fingerprint density at radius 1 is 1.37 bits per heavy atom. The number of halogens is 1. The molecular formula is C15H12BrN3. The number of benzene rings is 1. The van der Waals surface area contributed by atoms with Crippen LogP contribution in [0.5, 0.6) is 0 Å². The van der Waals surface area contributed by atoms with E-state index in [0.29, 0.717) is 5.56 Å². The Kier molecular flexibility index (Phi) is 3.22. The first-order chi connectivity index (χ1) is 9.28. The molecule has 0 aliphatic heterocycles. The lowest BCUT2D eigenvalue weighted by Gasteiger charge is -2.15. The lowest BCUT2D eigenvalue weighted by molar-refractivity contribution is 0.745. The number of fused-ring (bicyclic) bond motifs is 1. The Morgan fingerprint density at radius 2 is 2.26 bits per heavy atom. The molecule has 1 heterocycles. The van der Waals surface area contributed by atoms with Crippen LogP contribution in [0.2, 0.25) is 0 Å². The average Bonchev–Trinajstić information content (AvgIpc) is 2.84. The molecule has 1 aromatic heterocycles. The highest BCUT2D eigenvalue weighted by molar-refractivity contribution is 9.10. The van der Waals surface area contributed by atoms with Crippen LogP contribution < -0.4 is 5.32 Å². The van der Waals surface area contributed by atoms with Crippen molar-refractivity contribution in [2.24, 2.45) is 0 Å². The summed E-state index contributed by atoms with van der Waals surface area (Å²) in [5.41, 5.74) is 3.93.